The van der Waals surface area contributed by atoms with Gasteiger partial charge in [-0.15, -0.1) is 0 Å². The second-order valence-electron chi connectivity index (χ2n) is 8.56. The third kappa shape index (κ3) is 3.90. The predicted octanol–water partition coefficient (Wildman–Crippen LogP) is 3.20. The van der Waals surface area contributed by atoms with Crippen LogP contribution in [0.15, 0.2) is 21.3 Å². The van der Waals surface area contributed by atoms with E-state index in [9.17, 15) is 0 Å². The second-order valence-corrected chi connectivity index (χ2v) is 9.00. The molecule has 0 aromatic carbocycles. The Morgan fingerprint density at radius 1 is 1.14 bits per heavy atom. The number of ether oxygens (including phenoxy) is 2. The lowest BCUT2D eigenvalue weighted by Gasteiger charge is -2.33. The molecule has 0 radical (unpaired) electrons. The molecule has 3 aliphatic heterocycles. The van der Waals surface area contributed by atoms with Crippen LogP contribution in [-0.2, 0) is 16.0 Å². The highest BCUT2D eigenvalue weighted by Gasteiger charge is 2.30. The number of azo groups is 1. The minimum atomic E-state index is 0.374. The van der Waals surface area contributed by atoms with Gasteiger partial charge in [0.1, 0.15) is 0 Å². The lowest BCUT2D eigenvalue weighted by Crippen LogP contribution is -2.32. The van der Waals surface area contributed by atoms with Crippen LogP contribution in [0.4, 0.5) is 5.69 Å². The first-order chi connectivity index (χ1) is 14.2. The molecule has 4 heterocycles. The van der Waals surface area contributed by atoms with Crippen LogP contribution in [0.2, 0.25) is 0 Å². The number of aromatic amines is 1. The molecule has 29 heavy (non-hydrogen) atoms. The largest absolute Gasteiger partial charge is 0.381 e. The van der Waals surface area contributed by atoms with E-state index in [-0.39, 0.29) is 0 Å². The van der Waals surface area contributed by atoms with Gasteiger partial charge in [0.05, 0.1) is 40.8 Å². The average molecular weight is 417 g/mol. The fraction of sp³-hybridized carbons (Fsp3) is 0.636. The van der Waals surface area contributed by atoms with Crippen LogP contribution in [0.5, 0.6) is 0 Å². The zero-order chi connectivity index (χ0) is 19.8. The maximum atomic E-state index is 6.36. The number of halogens is 1. The van der Waals surface area contributed by atoms with E-state index < -0.39 is 0 Å². The molecular formula is C22H29ClN4O2. The molecule has 2 fully saturated rings. The molecular weight excluding hydrogens is 388 g/mol. The highest BCUT2D eigenvalue weighted by Crippen LogP contribution is 2.35. The van der Waals surface area contributed by atoms with Crippen molar-refractivity contribution in [3.63, 3.8) is 0 Å². The fourth-order valence-electron chi connectivity index (χ4n) is 5.05. The van der Waals surface area contributed by atoms with Gasteiger partial charge < -0.3 is 19.4 Å². The quantitative estimate of drug-likeness (QED) is 0.823. The van der Waals surface area contributed by atoms with Crippen LogP contribution in [0.3, 0.4) is 0 Å². The van der Waals surface area contributed by atoms with Gasteiger partial charge in [-0.1, -0.05) is 11.6 Å². The van der Waals surface area contributed by atoms with Crippen LogP contribution >= 0.6 is 11.6 Å². The lowest BCUT2D eigenvalue weighted by molar-refractivity contribution is -0.0801. The molecule has 1 aliphatic carbocycles. The van der Waals surface area contributed by atoms with E-state index in [1.807, 2.05) is 12.2 Å². The number of rotatable bonds is 3. The van der Waals surface area contributed by atoms with Crippen LogP contribution in [-0.4, -0.2) is 44.0 Å². The third-order valence-corrected chi connectivity index (χ3v) is 6.87. The van der Waals surface area contributed by atoms with E-state index in [0.29, 0.717) is 24.7 Å². The van der Waals surface area contributed by atoms with Crippen LogP contribution < -0.4 is 15.6 Å². The van der Waals surface area contributed by atoms with Gasteiger partial charge in [0.25, 0.3) is 0 Å². The van der Waals surface area contributed by atoms with Crippen LogP contribution in [0.25, 0.3) is 11.8 Å². The summed E-state index contributed by atoms with van der Waals surface area (Å²) in [4.78, 5) is 5.86. The Kier molecular flexibility index (Phi) is 5.50. The molecule has 156 valence electrons. The third-order valence-electron chi connectivity index (χ3n) is 6.60. The van der Waals surface area contributed by atoms with E-state index in [1.54, 1.807) is 0 Å². The van der Waals surface area contributed by atoms with Gasteiger partial charge in [-0.05, 0) is 50.7 Å². The minimum absolute atomic E-state index is 0.374. The summed E-state index contributed by atoms with van der Waals surface area (Å²) in [6.07, 6.45) is 11.3. The smallest absolute Gasteiger partial charge is 0.0895 e. The number of aromatic nitrogens is 1. The SMILES string of the molecule is CN1CC=C(Cl)C=c2[nH]c3c(c21)CN=NC=3[C@H]1CC[C@@H](OC2CCOCC2)CC1. The Labute approximate surface area is 176 Å². The van der Waals surface area contributed by atoms with Crippen molar-refractivity contribution in [3.05, 3.63) is 27.4 Å². The van der Waals surface area contributed by atoms with E-state index in [1.165, 1.54) is 11.3 Å². The van der Waals surface area contributed by atoms with Gasteiger partial charge in [0, 0.05) is 43.3 Å². The number of hydrogen-bond donors (Lipinski definition) is 1. The Morgan fingerprint density at radius 2 is 1.90 bits per heavy atom. The first-order valence-electron chi connectivity index (χ1n) is 10.8. The number of fused-ring (bicyclic) bond motifs is 3. The monoisotopic (exact) mass is 416 g/mol. The first kappa shape index (κ1) is 19.3. The molecule has 1 aromatic rings. The molecule has 0 atom stereocenters. The fourth-order valence-corrected chi connectivity index (χ4v) is 5.23. The van der Waals surface area contributed by atoms with E-state index in [2.05, 4.69) is 27.2 Å². The van der Waals surface area contributed by atoms with Crippen LogP contribution in [0.1, 0.15) is 44.1 Å². The Morgan fingerprint density at radius 3 is 2.69 bits per heavy atom. The number of hydrogen-bond acceptors (Lipinski definition) is 5. The first-order valence-corrected chi connectivity index (χ1v) is 11.2. The summed E-state index contributed by atoms with van der Waals surface area (Å²) >= 11 is 6.34. The molecule has 1 saturated carbocycles. The Balaban J connectivity index is 1.37. The summed E-state index contributed by atoms with van der Waals surface area (Å²) in [6, 6.07) is 0. The predicted molar refractivity (Wildman–Crippen MR) is 114 cm³/mol. The summed E-state index contributed by atoms with van der Waals surface area (Å²) in [5, 5.41) is 12.1. The average Bonchev–Trinajstić information content (AvgIpc) is 3.04. The summed E-state index contributed by atoms with van der Waals surface area (Å²) in [6.45, 7) is 3.10. The van der Waals surface area contributed by atoms with Crippen molar-refractivity contribution < 1.29 is 9.47 Å². The van der Waals surface area contributed by atoms with Crippen LogP contribution in [0, 0.1) is 5.92 Å². The second kappa shape index (κ2) is 8.25. The molecule has 0 amide bonds. The van der Waals surface area contributed by atoms with Crippen molar-refractivity contribution in [2.45, 2.75) is 57.3 Å². The molecule has 4 aliphatic rings. The van der Waals surface area contributed by atoms with Crippen molar-refractivity contribution in [2.24, 2.45) is 16.1 Å². The van der Waals surface area contributed by atoms with E-state index in [0.717, 1.165) is 79.7 Å². The van der Waals surface area contributed by atoms with Gasteiger partial charge in [-0.2, -0.15) is 10.2 Å². The van der Waals surface area contributed by atoms with Gasteiger partial charge in [0.2, 0.25) is 0 Å². The normalized spacial score (nSPS) is 27.7. The molecule has 0 bridgehead atoms. The summed E-state index contributed by atoms with van der Waals surface area (Å²) in [5.41, 5.74) is 3.58. The highest BCUT2D eigenvalue weighted by atomic mass is 35.5. The highest BCUT2D eigenvalue weighted by molar-refractivity contribution is 6.34. The molecule has 1 aromatic heterocycles. The van der Waals surface area contributed by atoms with Gasteiger partial charge in [-0.25, -0.2) is 0 Å². The molecule has 1 N–H and O–H groups in total. The Hall–Kier alpha value is -1.63. The Bertz CT molecular complexity index is 937. The van der Waals surface area contributed by atoms with Crippen molar-refractivity contribution in [3.8, 4) is 0 Å². The number of anilines is 1. The topological polar surface area (TPSA) is 62.2 Å². The molecule has 5 rings (SSSR count). The van der Waals surface area contributed by atoms with Crippen molar-refractivity contribution in [1.82, 2.24) is 4.98 Å². The van der Waals surface area contributed by atoms with E-state index in [4.69, 9.17) is 21.1 Å². The lowest BCUT2D eigenvalue weighted by atomic mass is 9.84. The minimum Gasteiger partial charge on any atom is -0.381 e. The van der Waals surface area contributed by atoms with Gasteiger partial charge in [-0.3, -0.25) is 0 Å². The van der Waals surface area contributed by atoms with Crippen molar-refractivity contribution in [1.29, 1.82) is 0 Å². The van der Waals surface area contributed by atoms with Gasteiger partial charge in [0.15, 0.2) is 0 Å². The summed E-state index contributed by atoms with van der Waals surface area (Å²) in [7, 11) is 2.11. The molecule has 0 spiro atoms. The van der Waals surface area contributed by atoms with Crippen molar-refractivity contribution >= 4 is 29.1 Å². The summed E-state index contributed by atoms with van der Waals surface area (Å²) < 4.78 is 11.8. The van der Waals surface area contributed by atoms with Crippen molar-refractivity contribution in [2.75, 3.05) is 31.7 Å². The molecule has 6 nitrogen and oxygen atoms in total. The maximum Gasteiger partial charge on any atom is 0.0895 e. The number of allylic oxidation sites excluding steroid dienone is 1. The number of H-pyrrole nitrogens is 1. The zero-order valence-electron chi connectivity index (χ0n) is 17.0. The van der Waals surface area contributed by atoms with E-state index >= 15 is 0 Å². The molecule has 1 saturated heterocycles. The summed E-state index contributed by atoms with van der Waals surface area (Å²) in [5.74, 6) is 0.436. The number of nitrogens with zero attached hydrogens (tertiary/aromatic N) is 3. The zero-order valence-corrected chi connectivity index (χ0v) is 17.7. The molecule has 7 heteroatoms. The molecule has 0 unspecified atom stereocenters. The number of nitrogens with one attached hydrogen (secondary N) is 1. The maximum absolute atomic E-state index is 6.36. The number of likely N-dealkylation sites (N-methyl/N-ethyl adjacent to an activating group) is 1. The van der Waals surface area contributed by atoms with Gasteiger partial charge >= 0.3 is 0 Å². The standard InChI is InChI=1S/C22H29ClN4O2/c1-27-9-6-15(23)12-19-22(27)18-13-24-26-20(21(18)25-19)14-2-4-16(5-3-14)29-17-7-10-28-11-8-17/h6,12,14,16-17,25H,2-5,7-11,13H2,1H3/t14-,16+.